The summed E-state index contributed by atoms with van der Waals surface area (Å²) in [6.45, 7) is 7.19. The first-order valence-electron chi connectivity index (χ1n) is 16.1. The van der Waals surface area contributed by atoms with Crippen LogP contribution in [-0.2, 0) is 17.9 Å². The van der Waals surface area contributed by atoms with E-state index in [2.05, 4.69) is 33.2 Å². The van der Waals surface area contributed by atoms with Crippen LogP contribution in [0.25, 0.3) is 11.0 Å². The number of nitrogens with zero attached hydrogens (tertiary/aromatic N) is 5. The van der Waals surface area contributed by atoms with Gasteiger partial charge in [-0.05, 0) is 77.9 Å². The lowest BCUT2D eigenvalue weighted by atomic mass is 9.84. The number of anilines is 1. The van der Waals surface area contributed by atoms with Crippen LogP contribution in [-0.4, -0.2) is 38.6 Å². The summed E-state index contributed by atoms with van der Waals surface area (Å²) in [6.07, 6.45) is 6.39. The standard InChI is InChI=1S/C34H41F3N6O/c1-4-24-9-6-5-7-16-43-31-26(19-28(32(43)44)33(20-38)14-15-33)30(40-22(3)41-31)39-21(2)25-10-8-11-27(29(25)35)34(36,37)23-12-17-42(24)18-13-23/h8,10-11,19,21,23-24H,4-7,9,12-18H2,1-3H3,(H,39,40,41)/t21-,24?/m1/s1. The Labute approximate surface area is 256 Å². The van der Waals surface area contributed by atoms with Gasteiger partial charge in [0.1, 0.15) is 23.1 Å². The summed E-state index contributed by atoms with van der Waals surface area (Å²) in [4.78, 5) is 25.5. The molecule has 5 heterocycles. The summed E-state index contributed by atoms with van der Waals surface area (Å²) in [7, 11) is 0. The number of aromatic nitrogens is 3. The van der Waals surface area contributed by atoms with Crippen LogP contribution in [0.5, 0.6) is 0 Å². The Morgan fingerprint density at radius 2 is 1.82 bits per heavy atom. The van der Waals surface area contributed by atoms with Gasteiger partial charge in [-0.1, -0.05) is 38.0 Å². The number of alkyl halides is 2. The molecule has 1 aliphatic carbocycles. The fourth-order valence-electron chi connectivity index (χ4n) is 7.32. The van der Waals surface area contributed by atoms with Crippen LogP contribution in [0.2, 0.25) is 0 Å². The zero-order valence-corrected chi connectivity index (χ0v) is 25.8. The van der Waals surface area contributed by atoms with Crippen LogP contribution in [0.4, 0.5) is 19.0 Å². The number of rotatable bonds is 2. The zero-order valence-electron chi connectivity index (χ0n) is 25.8. The Hall–Kier alpha value is -3.45. The van der Waals surface area contributed by atoms with Gasteiger partial charge in [0.05, 0.1) is 28.5 Å². The van der Waals surface area contributed by atoms with Gasteiger partial charge in [0, 0.05) is 29.6 Å². The van der Waals surface area contributed by atoms with Gasteiger partial charge in [0.15, 0.2) is 0 Å². The molecule has 2 fully saturated rings. The topological polar surface area (TPSA) is 86.8 Å². The molecule has 1 aromatic carbocycles. The Bertz CT molecular complexity index is 1650. The fourth-order valence-corrected chi connectivity index (χ4v) is 7.32. The van der Waals surface area contributed by atoms with Crippen LogP contribution in [0.3, 0.4) is 0 Å². The normalized spacial score (nSPS) is 26.6. The number of fused-ring (bicyclic) bond motifs is 8. The van der Waals surface area contributed by atoms with Gasteiger partial charge < -0.3 is 10.2 Å². The van der Waals surface area contributed by atoms with Crippen LogP contribution in [0, 0.1) is 30.0 Å². The van der Waals surface area contributed by atoms with Gasteiger partial charge in [-0.25, -0.2) is 23.1 Å². The van der Waals surface area contributed by atoms with Crippen LogP contribution in [0.15, 0.2) is 29.1 Å². The van der Waals surface area contributed by atoms with Crippen molar-refractivity contribution in [2.45, 2.75) is 109 Å². The summed E-state index contributed by atoms with van der Waals surface area (Å²) >= 11 is 0. The lowest BCUT2D eigenvalue weighted by Crippen LogP contribution is -2.44. The molecule has 7 rings (SSSR count). The van der Waals surface area contributed by atoms with E-state index in [-0.39, 0.29) is 11.1 Å². The van der Waals surface area contributed by atoms with E-state index in [0.717, 1.165) is 32.1 Å². The monoisotopic (exact) mass is 606 g/mol. The van der Waals surface area contributed by atoms with Crippen LogP contribution in [0.1, 0.15) is 100 Å². The minimum Gasteiger partial charge on any atom is -0.363 e. The maximum Gasteiger partial charge on any atom is 0.278 e. The van der Waals surface area contributed by atoms with E-state index in [1.165, 1.54) is 18.2 Å². The lowest BCUT2D eigenvalue weighted by molar-refractivity contribution is -0.0913. The van der Waals surface area contributed by atoms with Crippen molar-refractivity contribution in [2.75, 3.05) is 18.4 Å². The Morgan fingerprint density at radius 3 is 2.50 bits per heavy atom. The van der Waals surface area contributed by atoms with Crippen molar-refractivity contribution in [3.8, 4) is 6.07 Å². The molecular formula is C34H41F3N6O. The summed E-state index contributed by atoms with van der Waals surface area (Å²) in [5.41, 5.74) is -0.587. The molecular weight excluding hydrogens is 565 g/mol. The molecule has 234 valence electrons. The summed E-state index contributed by atoms with van der Waals surface area (Å²) in [6, 6.07) is 7.89. The lowest BCUT2D eigenvalue weighted by Gasteiger charge is -2.40. The van der Waals surface area contributed by atoms with Crippen molar-refractivity contribution in [1.82, 2.24) is 19.4 Å². The quantitative estimate of drug-likeness (QED) is 0.334. The molecule has 1 N–H and O–H groups in total. The van der Waals surface area contributed by atoms with Crippen molar-refractivity contribution in [1.29, 1.82) is 5.26 Å². The van der Waals surface area contributed by atoms with Gasteiger partial charge in [-0.3, -0.25) is 9.36 Å². The molecule has 3 aliphatic heterocycles. The molecule has 0 spiro atoms. The smallest absolute Gasteiger partial charge is 0.278 e. The maximum absolute atomic E-state index is 16.0. The second kappa shape index (κ2) is 11.8. The van der Waals surface area contributed by atoms with Gasteiger partial charge in [0.25, 0.3) is 11.5 Å². The molecule has 3 aromatic rings. The Balaban J connectivity index is 1.48. The molecule has 44 heavy (non-hydrogen) atoms. The number of aryl methyl sites for hydroxylation is 2. The molecule has 2 aromatic heterocycles. The van der Waals surface area contributed by atoms with Crippen molar-refractivity contribution in [2.24, 2.45) is 5.92 Å². The molecule has 2 atom stereocenters. The van der Waals surface area contributed by atoms with Gasteiger partial charge >= 0.3 is 0 Å². The molecule has 8 bridgehead atoms. The SMILES string of the molecule is CCC1CCCCCn2c(=O)c(C3(C#N)CC3)cc3c(nc(C)nc32)N[C@H](C)c2cccc(c2F)C(F)(F)C2CCN1CC2. The largest absolute Gasteiger partial charge is 0.363 e. The van der Waals surface area contributed by atoms with E-state index in [1.54, 1.807) is 24.5 Å². The molecule has 7 nitrogen and oxygen atoms in total. The van der Waals surface area contributed by atoms with E-state index >= 15 is 13.2 Å². The third-order valence-electron chi connectivity index (χ3n) is 10.2. The first-order valence-corrected chi connectivity index (χ1v) is 16.1. The van der Waals surface area contributed by atoms with E-state index in [0.29, 0.717) is 79.6 Å². The first-order chi connectivity index (χ1) is 21.1. The van der Waals surface area contributed by atoms with E-state index in [4.69, 9.17) is 0 Å². The van der Waals surface area contributed by atoms with E-state index < -0.39 is 34.7 Å². The number of pyridine rings is 1. The van der Waals surface area contributed by atoms with Crippen LogP contribution >= 0.6 is 0 Å². The van der Waals surface area contributed by atoms with Crippen molar-refractivity contribution in [3.05, 3.63) is 63.0 Å². The number of hydrogen-bond donors (Lipinski definition) is 1. The number of halogens is 3. The van der Waals surface area contributed by atoms with Gasteiger partial charge in [0.2, 0.25) is 0 Å². The van der Waals surface area contributed by atoms with Crippen LogP contribution < -0.4 is 10.9 Å². The zero-order chi connectivity index (χ0) is 31.2. The Morgan fingerprint density at radius 1 is 1.07 bits per heavy atom. The Kier molecular flexibility index (Phi) is 8.20. The maximum atomic E-state index is 16.0. The average molecular weight is 607 g/mol. The molecule has 0 radical (unpaired) electrons. The number of nitriles is 1. The van der Waals surface area contributed by atoms with Crippen molar-refractivity contribution in [3.63, 3.8) is 0 Å². The molecule has 1 saturated carbocycles. The predicted molar refractivity (Wildman–Crippen MR) is 164 cm³/mol. The molecule has 1 unspecified atom stereocenters. The number of nitrogens with one attached hydrogen (secondary N) is 1. The number of hydrogen-bond acceptors (Lipinski definition) is 6. The molecule has 0 amide bonds. The number of piperidine rings is 1. The second-order valence-electron chi connectivity index (χ2n) is 13.0. The summed E-state index contributed by atoms with van der Waals surface area (Å²) in [5, 5.41) is 13.8. The van der Waals surface area contributed by atoms with Gasteiger partial charge in [-0.2, -0.15) is 5.26 Å². The third-order valence-corrected chi connectivity index (χ3v) is 10.2. The van der Waals surface area contributed by atoms with E-state index in [9.17, 15) is 10.1 Å². The fraction of sp³-hybridized carbons (Fsp3) is 0.588. The summed E-state index contributed by atoms with van der Waals surface area (Å²) < 4.78 is 49.7. The third kappa shape index (κ3) is 5.38. The van der Waals surface area contributed by atoms with Crippen molar-refractivity contribution >= 4 is 16.9 Å². The highest BCUT2D eigenvalue weighted by molar-refractivity contribution is 5.88. The minimum atomic E-state index is -3.30. The highest BCUT2D eigenvalue weighted by atomic mass is 19.3. The highest BCUT2D eigenvalue weighted by Crippen LogP contribution is 2.47. The predicted octanol–water partition coefficient (Wildman–Crippen LogP) is 7.12. The van der Waals surface area contributed by atoms with Crippen molar-refractivity contribution < 1.29 is 13.2 Å². The van der Waals surface area contributed by atoms with E-state index in [1.807, 2.05) is 0 Å². The first kappa shape index (κ1) is 30.6. The minimum absolute atomic E-state index is 0.119. The van der Waals surface area contributed by atoms with Gasteiger partial charge in [-0.15, -0.1) is 0 Å². The highest BCUT2D eigenvalue weighted by Gasteiger charge is 2.48. The summed E-state index contributed by atoms with van der Waals surface area (Å²) in [5.74, 6) is -4.32. The number of benzene rings is 1. The molecule has 4 aliphatic rings. The molecule has 1 saturated heterocycles. The molecule has 10 heteroatoms. The average Bonchev–Trinajstić information content (AvgIpc) is 3.80. The second-order valence-corrected chi connectivity index (χ2v) is 13.0.